The van der Waals surface area contributed by atoms with Gasteiger partial charge in [0.05, 0.1) is 5.60 Å². The number of nitrogens with zero attached hydrogens (tertiary/aromatic N) is 2. The molecule has 2 atom stereocenters. The van der Waals surface area contributed by atoms with Gasteiger partial charge in [0.15, 0.2) is 0 Å². The lowest BCUT2D eigenvalue weighted by atomic mass is 9.90. The summed E-state index contributed by atoms with van der Waals surface area (Å²) in [5.74, 6) is 3.25. The second-order valence-electron chi connectivity index (χ2n) is 4.81. The van der Waals surface area contributed by atoms with Crippen molar-refractivity contribution in [2.45, 2.75) is 37.8 Å². The molecule has 0 unspecified atom stereocenters. The van der Waals surface area contributed by atoms with Crippen molar-refractivity contribution in [1.29, 1.82) is 0 Å². The van der Waals surface area contributed by atoms with Crippen LogP contribution in [0.25, 0.3) is 0 Å². The molecule has 1 N–H and O–H groups in total. The van der Waals surface area contributed by atoms with Crippen LogP contribution >= 0.6 is 23.3 Å². The highest BCUT2D eigenvalue weighted by Crippen LogP contribution is 2.38. The van der Waals surface area contributed by atoms with Gasteiger partial charge in [0.2, 0.25) is 5.13 Å². The third-order valence-electron chi connectivity index (χ3n) is 3.42. The van der Waals surface area contributed by atoms with Gasteiger partial charge in [-0.3, -0.25) is 0 Å². The molecule has 17 heavy (non-hydrogen) atoms. The van der Waals surface area contributed by atoms with E-state index in [2.05, 4.69) is 14.7 Å². The van der Waals surface area contributed by atoms with Crippen LogP contribution in [-0.4, -0.2) is 39.1 Å². The molecule has 0 aliphatic carbocycles. The van der Waals surface area contributed by atoms with Crippen LogP contribution in [-0.2, 0) is 4.74 Å². The smallest absolute Gasteiger partial charge is 0.202 e. The summed E-state index contributed by atoms with van der Waals surface area (Å²) in [6, 6.07) is 0.495. The molecule has 6 heteroatoms. The van der Waals surface area contributed by atoms with Gasteiger partial charge in [-0.15, -0.1) is 0 Å². The fraction of sp³-hybridized carbons (Fsp3) is 0.818. The van der Waals surface area contributed by atoms with Crippen molar-refractivity contribution >= 4 is 28.4 Å². The van der Waals surface area contributed by atoms with Crippen molar-refractivity contribution in [3.63, 3.8) is 0 Å². The van der Waals surface area contributed by atoms with Gasteiger partial charge < -0.3 is 10.1 Å². The zero-order valence-electron chi connectivity index (χ0n) is 9.94. The van der Waals surface area contributed by atoms with Crippen LogP contribution in [0.2, 0.25) is 0 Å². The monoisotopic (exact) mass is 271 g/mol. The Morgan fingerprint density at radius 3 is 3.18 bits per heavy atom. The molecule has 3 rings (SSSR count). The van der Waals surface area contributed by atoms with E-state index < -0.39 is 0 Å². The van der Waals surface area contributed by atoms with Crippen molar-refractivity contribution in [2.75, 3.05) is 23.4 Å². The van der Waals surface area contributed by atoms with Crippen molar-refractivity contribution in [3.05, 3.63) is 5.82 Å². The van der Waals surface area contributed by atoms with Crippen LogP contribution in [0.4, 0.5) is 5.13 Å². The number of anilines is 1. The average Bonchev–Trinajstić information content (AvgIpc) is 2.89. The largest absolute Gasteiger partial charge is 0.374 e. The van der Waals surface area contributed by atoms with E-state index >= 15 is 0 Å². The Hall–Kier alpha value is -0.330. The molecule has 94 valence electrons. The number of nitrogens with one attached hydrogen (secondary N) is 1. The summed E-state index contributed by atoms with van der Waals surface area (Å²) in [5, 5.41) is 4.46. The Balaban J connectivity index is 1.64. The van der Waals surface area contributed by atoms with Crippen molar-refractivity contribution in [3.8, 4) is 0 Å². The molecular weight excluding hydrogens is 254 g/mol. The van der Waals surface area contributed by atoms with Gasteiger partial charge in [0.1, 0.15) is 5.82 Å². The van der Waals surface area contributed by atoms with Gasteiger partial charge >= 0.3 is 0 Å². The van der Waals surface area contributed by atoms with Gasteiger partial charge in [-0.2, -0.15) is 16.1 Å². The maximum Gasteiger partial charge on any atom is 0.202 e. The molecule has 4 nitrogen and oxygen atoms in total. The topological polar surface area (TPSA) is 47.0 Å². The Labute approximate surface area is 110 Å². The molecule has 2 aliphatic heterocycles. The van der Waals surface area contributed by atoms with Gasteiger partial charge in [0.25, 0.3) is 0 Å². The lowest BCUT2D eigenvalue weighted by molar-refractivity contribution is -0.0628. The fourth-order valence-corrected chi connectivity index (χ4v) is 4.57. The fourth-order valence-electron chi connectivity index (χ4n) is 2.54. The van der Waals surface area contributed by atoms with E-state index in [0.717, 1.165) is 36.2 Å². The molecule has 2 aliphatic rings. The molecule has 3 heterocycles. The normalized spacial score (nSPS) is 33.1. The summed E-state index contributed by atoms with van der Waals surface area (Å²) in [4.78, 5) is 4.37. The molecule has 2 fully saturated rings. The summed E-state index contributed by atoms with van der Waals surface area (Å²) >= 11 is 3.47. The Morgan fingerprint density at radius 2 is 2.47 bits per heavy atom. The van der Waals surface area contributed by atoms with Gasteiger partial charge in [-0.25, -0.2) is 4.98 Å². The Bertz CT molecular complexity index is 390. The van der Waals surface area contributed by atoms with Gasteiger partial charge in [-0.05, 0) is 31.9 Å². The van der Waals surface area contributed by atoms with Gasteiger partial charge in [0, 0.05) is 29.9 Å². The lowest BCUT2D eigenvalue weighted by Crippen LogP contribution is -2.44. The van der Waals surface area contributed by atoms with E-state index in [1.54, 1.807) is 0 Å². The van der Waals surface area contributed by atoms with E-state index in [1.165, 1.54) is 23.7 Å². The molecule has 1 aromatic heterocycles. The van der Waals surface area contributed by atoms with Gasteiger partial charge in [-0.1, -0.05) is 0 Å². The zero-order chi connectivity index (χ0) is 11.7. The summed E-state index contributed by atoms with van der Waals surface area (Å²) in [6.07, 6.45) is 3.38. The maximum atomic E-state index is 6.01. The summed E-state index contributed by atoms with van der Waals surface area (Å²) in [6.45, 7) is 2.80. The number of aryl methyl sites for hydroxylation is 1. The van der Waals surface area contributed by atoms with Crippen LogP contribution < -0.4 is 5.32 Å². The van der Waals surface area contributed by atoms with Crippen LogP contribution in [0.5, 0.6) is 0 Å². The molecule has 2 saturated heterocycles. The van der Waals surface area contributed by atoms with Crippen LogP contribution in [0.1, 0.15) is 25.1 Å². The first-order chi connectivity index (χ1) is 8.26. The third kappa shape index (κ3) is 2.58. The maximum absolute atomic E-state index is 6.01. The van der Waals surface area contributed by atoms with E-state index in [0.29, 0.717) is 6.04 Å². The molecular formula is C11H17N3OS2. The summed E-state index contributed by atoms with van der Waals surface area (Å²) in [7, 11) is 0. The first-order valence-electron chi connectivity index (χ1n) is 6.04. The predicted octanol–water partition coefficient (Wildman–Crippen LogP) is 2.31. The SMILES string of the molecule is Cc1nsc(N[C@H]2CCO[C@@]3(CCSC3)C2)n1. The first-order valence-corrected chi connectivity index (χ1v) is 7.97. The second kappa shape index (κ2) is 4.74. The Morgan fingerprint density at radius 1 is 1.53 bits per heavy atom. The number of rotatable bonds is 2. The molecule has 0 saturated carbocycles. The zero-order valence-corrected chi connectivity index (χ0v) is 11.6. The second-order valence-corrected chi connectivity index (χ2v) is 6.67. The number of thioether (sulfide) groups is 1. The number of hydrogen-bond acceptors (Lipinski definition) is 6. The standard InChI is InChI=1S/C11H17N3OS2/c1-8-12-10(17-14-8)13-9-2-4-15-11(6-9)3-5-16-7-11/h9H,2-7H2,1H3,(H,12,13,14)/t9-,11-/m0/s1. The van der Waals surface area contributed by atoms with Crippen LogP contribution in [0.3, 0.4) is 0 Å². The van der Waals surface area contributed by atoms with Crippen molar-refractivity contribution < 1.29 is 4.74 Å². The minimum absolute atomic E-state index is 0.139. The molecule has 0 amide bonds. The minimum Gasteiger partial charge on any atom is -0.374 e. The average molecular weight is 271 g/mol. The van der Waals surface area contributed by atoms with E-state index in [4.69, 9.17) is 4.74 Å². The first kappa shape index (κ1) is 11.7. The lowest BCUT2D eigenvalue weighted by Gasteiger charge is -2.37. The highest BCUT2D eigenvalue weighted by molar-refractivity contribution is 7.99. The van der Waals surface area contributed by atoms with E-state index in [1.807, 2.05) is 18.7 Å². The predicted molar refractivity (Wildman–Crippen MR) is 71.9 cm³/mol. The van der Waals surface area contributed by atoms with E-state index in [-0.39, 0.29) is 5.60 Å². The van der Waals surface area contributed by atoms with Crippen LogP contribution in [0.15, 0.2) is 0 Å². The quantitative estimate of drug-likeness (QED) is 0.894. The number of hydrogen-bond donors (Lipinski definition) is 1. The molecule has 0 radical (unpaired) electrons. The highest BCUT2D eigenvalue weighted by atomic mass is 32.2. The summed E-state index contributed by atoms with van der Waals surface area (Å²) < 4.78 is 10.2. The van der Waals surface area contributed by atoms with Crippen molar-refractivity contribution in [1.82, 2.24) is 9.36 Å². The highest BCUT2D eigenvalue weighted by Gasteiger charge is 2.40. The summed E-state index contributed by atoms with van der Waals surface area (Å²) in [5.41, 5.74) is 0.139. The molecule has 1 spiro atoms. The Kier molecular flexibility index (Phi) is 3.28. The van der Waals surface area contributed by atoms with Crippen LogP contribution in [0, 0.1) is 6.92 Å². The van der Waals surface area contributed by atoms with Crippen molar-refractivity contribution in [2.24, 2.45) is 0 Å². The number of ether oxygens (including phenoxy) is 1. The minimum atomic E-state index is 0.139. The molecule has 0 aromatic carbocycles. The van der Waals surface area contributed by atoms with E-state index in [9.17, 15) is 0 Å². The molecule has 0 bridgehead atoms. The number of aromatic nitrogens is 2. The molecule has 1 aromatic rings. The third-order valence-corrected chi connectivity index (χ3v) is 5.38.